The molecule has 0 aromatic carbocycles. The molecule has 3 heterocycles. The van der Waals surface area contributed by atoms with Crippen LogP contribution >= 0.6 is 0 Å². The zero-order valence-electron chi connectivity index (χ0n) is 9.98. The number of nitrogens with zero attached hydrogens (tertiary/aromatic N) is 2. The molecule has 0 saturated carbocycles. The third-order valence-corrected chi connectivity index (χ3v) is 3.90. The van der Waals surface area contributed by atoms with E-state index >= 15 is 0 Å². The number of aromatic nitrogens is 2. The molecule has 2 aliphatic rings. The number of aryl methyl sites for hydroxylation is 1. The lowest BCUT2D eigenvalue weighted by molar-refractivity contribution is 0.0794. The molecule has 3 nitrogen and oxygen atoms in total. The van der Waals surface area contributed by atoms with E-state index in [1.807, 2.05) is 0 Å². The van der Waals surface area contributed by atoms with Gasteiger partial charge in [0.05, 0.1) is 12.3 Å². The fraction of sp³-hybridized carbons (Fsp3) is 0.769. The van der Waals surface area contributed by atoms with Gasteiger partial charge in [-0.2, -0.15) is 0 Å². The second-order valence-corrected chi connectivity index (χ2v) is 5.14. The van der Waals surface area contributed by atoms with Crippen molar-refractivity contribution in [2.75, 3.05) is 13.2 Å². The van der Waals surface area contributed by atoms with Gasteiger partial charge in [0.2, 0.25) is 0 Å². The molecule has 3 heteroatoms. The predicted molar refractivity (Wildman–Crippen MR) is 62.7 cm³/mol. The van der Waals surface area contributed by atoms with Crippen molar-refractivity contribution in [3.8, 4) is 0 Å². The highest BCUT2D eigenvalue weighted by atomic mass is 16.5. The number of fused-ring (bicyclic) bond motifs is 1. The van der Waals surface area contributed by atoms with E-state index in [9.17, 15) is 0 Å². The lowest BCUT2D eigenvalue weighted by Crippen LogP contribution is -2.15. The Morgan fingerprint density at radius 2 is 2.31 bits per heavy atom. The van der Waals surface area contributed by atoms with Crippen molar-refractivity contribution < 1.29 is 4.74 Å². The fourth-order valence-corrected chi connectivity index (χ4v) is 2.88. The van der Waals surface area contributed by atoms with Crippen LogP contribution in [-0.2, 0) is 11.2 Å². The Bertz CT molecular complexity index is 366. The molecule has 0 aliphatic carbocycles. The summed E-state index contributed by atoms with van der Waals surface area (Å²) in [4.78, 5) is 4.81. The second-order valence-electron chi connectivity index (χ2n) is 5.14. The highest BCUT2D eigenvalue weighted by molar-refractivity contribution is 5.13. The smallest absolute Gasteiger partial charge is 0.109 e. The summed E-state index contributed by atoms with van der Waals surface area (Å²) in [6.45, 7) is 4.09. The number of ether oxygens (including phenoxy) is 1. The maximum absolute atomic E-state index is 5.55. The first-order chi connectivity index (χ1) is 7.84. The highest BCUT2D eigenvalue weighted by Gasteiger charge is 2.23. The molecule has 1 aromatic heterocycles. The van der Waals surface area contributed by atoms with Crippen LogP contribution in [0.1, 0.15) is 56.1 Å². The summed E-state index contributed by atoms with van der Waals surface area (Å²) in [5.41, 5.74) is 1.27. The first-order valence-corrected chi connectivity index (χ1v) is 6.50. The van der Waals surface area contributed by atoms with Gasteiger partial charge < -0.3 is 9.30 Å². The topological polar surface area (TPSA) is 27.1 Å². The van der Waals surface area contributed by atoms with Gasteiger partial charge in [0, 0.05) is 31.2 Å². The van der Waals surface area contributed by atoms with Gasteiger partial charge in [-0.05, 0) is 32.6 Å². The maximum Gasteiger partial charge on any atom is 0.109 e. The summed E-state index contributed by atoms with van der Waals surface area (Å²) < 4.78 is 7.93. The van der Waals surface area contributed by atoms with Gasteiger partial charge in [0.25, 0.3) is 0 Å². The van der Waals surface area contributed by atoms with Crippen LogP contribution in [0.3, 0.4) is 0 Å². The van der Waals surface area contributed by atoms with E-state index in [-0.39, 0.29) is 0 Å². The molecule has 16 heavy (non-hydrogen) atoms. The molecule has 88 valence electrons. The van der Waals surface area contributed by atoms with Crippen LogP contribution in [0.15, 0.2) is 6.20 Å². The molecule has 0 N–H and O–H groups in total. The summed E-state index contributed by atoms with van der Waals surface area (Å²) in [6, 6.07) is 0.634. The number of hydrogen-bond acceptors (Lipinski definition) is 2. The van der Waals surface area contributed by atoms with Crippen molar-refractivity contribution in [2.24, 2.45) is 0 Å². The van der Waals surface area contributed by atoms with E-state index in [4.69, 9.17) is 9.72 Å². The minimum absolute atomic E-state index is 0.541. The van der Waals surface area contributed by atoms with Gasteiger partial charge in [-0.25, -0.2) is 4.98 Å². The number of rotatable bonds is 1. The normalized spacial score (nSPS) is 30.1. The summed E-state index contributed by atoms with van der Waals surface area (Å²) in [7, 11) is 0. The fourth-order valence-electron chi connectivity index (χ4n) is 2.88. The monoisotopic (exact) mass is 220 g/mol. The van der Waals surface area contributed by atoms with Crippen LogP contribution in [0.25, 0.3) is 0 Å². The number of imidazole rings is 1. The molecule has 2 unspecified atom stereocenters. The van der Waals surface area contributed by atoms with Crippen molar-refractivity contribution in [3.63, 3.8) is 0 Å². The van der Waals surface area contributed by atoms with Crippen LogP contribution in [0.5, 0.6) is 0 Å². The van der Waals surface area contributed by atoms with E-state index in [1.165, 1.54) is 37.2 Å². The van der Waals surface area contributed by atoms with Crippen LogP contribution < -0.4 is 0 Å². The third kappa shape index (κ3) is 1.77. The molecule has 1 aromatic rings. The Balaban J connectivity index is 1.85. The van der Waals surface area contributed by atoms with Crippen LogP contribution in [-0.4, -0.2) is 22.8 Å². The first-order valence-electron chi connectivity index (χ1n) is 6.50. The van der Waals surface area contributed by atoms with Crippen molar-refractivity contribution in [1.29, 1.82) is 0 Å². The van der Waals surface area contributed by atoms with Crippen LogP contribution in [0.2, 0.25) is 0 Å². The van der Waals surface area contributed by atoms with Crippen molar-refractivity contribution >= 4 is 0 Å². The minimum Gasteiger partial charge on any atom is -0.381 e. The zero-order chi connectivity index (χ0) is 11.0. The van der Waals surface area contributed by atoms with Gasteiger partial charge in [0.1, 0.15) is 5.82 Å². The lowest BCUT2D eigenvalue weighted by atomic mass is 9.99. The number of hydrogen-bond donors (Lipinski definition) is 0. The summed E-state index contributed by atoms with van der Waals surface area (Å²) in [5, 5.41) is 0. The lowest BCUT2D eigenvalue weighted by Gasteiger charge is -2.21. The SMILES string of the molecule is CC1CCCc2nc(C3CCCOC3)cn21. The third-order valence-electron chi connectivity index (χ3n) is 3.90. The van der Waals surface area contributed by atoms with Crippen molar-refractivity contribution in [1.82, 2.24) is 9.55 Å². The largest absolute Gasteiger partial charge is 0.381 e. The first kappa shape index (κ1) is 10.3. The van der Waals surface area contributed by atoms with E-state index in [0.29, 0.717) is 12.0 Å². The summed E-state index contributed by atoms with van der Waals surface area (Å²) in [5.74, 6) is 1.83. The molecule has 2 aliphatic heterocycles. The summed E-state index contributed by atoms with van der Waals surface area (Å²) in [6.07, 6.45) is 8.44. The zero-order valence-corrected chi connectivity index (χ0v) is 9.98. The van der Waals surface area contributed by atoms with E-state index < -0.39 is 0 Å². The van der Waals surface area contributed by atoms with Gasteiger partial charge in [-0.15, -0.1) is 0 Å². The molecule has 1 fully saturated rings. The van der Waals surface area contributed by atoms with E-state index in [2.05, 4.69) is 17.7 Å². The van der Waals surface area contributed by atoms with Gasteiger partial charge in [-0.1, -0.05) is 0 Å². The highest BCUT2D eigenvalue weighted by Crippen LogP contribution is 2.29. The van der Waals surface area contributed by atoms with Gasteiger partial charge >= 0.3 is 0 Å². The predicted octanol–water partition coefficient (Wildman–Crippen LogP) is 2.67. The summed E-state index contributed by atoms with van der Waals surface area (Å²) >= 11 is 0. The van der Waals surface area contributed by atoms with Crippen molar-refractivity contribution in [2.45, 2.75) is 51.0 Å². The second kappa shape index (κ2) is 4.21. The molecule has 3 rings (SSSR count). The van der Waals surface area contributed by atoms with Gasteiger partial charge in [-0.3, -0.25) is 0 Å². The average molecular weight is 220 g/mol. The van der Waals surface area contributed by atoms with Crippen LogP contribution in [0.4, 0.5) is 0 Å². The Kier molecular flexibility index (Phi) is 2.72. The molecule has 0 spiro atoms. The van der Waals surface area contributed by atoms with E-state index in [1.54, 1.807) is 0 Å². The Hall–Kier alpha value is -0.830. The van der Waals surface area contributed by atoms with Crippen LogP contribution in [0, 0.1) is 0 Å². The Morgan fingerprint density at radius 3 is 3.06 bits per heavy atom. The Labute approximate surface area is 96.8 Å². The average Bonchev–Trinajstić information content (AvgIpc) is 2.76. The minimum atomic E-state index is 0.541. The Morgan fingerprint density at radius 1 is 1.38 bits per heavy atom. The molecule has 0 radical (unpaired) electrons. The van der Waals surface area contributed by atoms with Gasteiger partial charge in [0.15, 0.2) is 0 Å². The molecule has 1 saturated heterocycles. The molecular weight excluding hydrogens is 200 g/mol. The maximum atomic E-state index is 5.55. The standard InChI is InChI=1S/C13H20N2O/c1-10-4-2-6-13-14-12(8-15(10)13)11-5-3-7-16-9-11/h8,10-11H,2-7,9H2,1H3. The quantitative estimate of drug-likeness (QED) is 0.727. The molecular formula is C13H20N2O. The molecule has 2 atom stereocenters. The molecule has 0 amide bonds. The van der Waals surface area contributed by atoms with Crippen molar-refractivity contribution in [3.05, 3.63) is 17.7 Å². The van der Waals surface area contributed by atoms with E-state index in [0.717, 1.165) is 19.6 Å². The molecule has 0 bridgehead atoms.